The number of nitrogens with one attached hydrogen (secondary N) is 1. The summed E-state index contributed by atoms with van der Waals surface area (Å²) in [5.41, 5.74) is 0. The molecule has 0 aliphatic carbocycles. The number of likely N-dealkylation sites (N-methyl/N-ethyl adjacent to an activating group) is 1. The van der Waals surface area contributed by atoms with Gasteiger partial charge in [0.05, 0.1) is 5.02 Å². The van der Waals surface area contributed by atoms with Gasteiger partial charge in [-0.25, -0.2) is 9.37 Å². The van der Waals surface area contributed by atoms with Gasteiger partial charge in [0.25, 0.3) is 0 Å². The van der Waals surface area contributed by atoms with E-state index in [2.05, 4.69) is 10.3 Å². The van der Waals surface area contributed by atoms with Crippen LogP contribution in [0.5, 0.6) is 0 Å². The summed E-state index contributed by atoms with van der Waals surface area (Å²) < 4.78 is 13.9. The second-order valence-electron chi connectivity index (χ2n) is 4.28. The molecule has 1 aromatic heterocycles. The first kappa shape index (κ1) is 13.1. The number of anilines is 1. The second-order valence-corrected chi connectivity index (χ2v) is 4.71. The average molecular weight is 272 g/mol. The molecule has 0 radical (unpaired) electrons. The molecule has 1 N–H and O–H groups in total. The van der Waals surface area contributed by atoms with Gasteiger partial charge in [-0.15, -0.1) is 0 Å². The first-order chi connectivity index (χ1) is 8.63. The number of hydrogen-bond donors (Lipinski definition) is 1. The number of piperidine rings is 1. The minimum atomic E-state index is -0.488. The number of aromatic nitrogens is 1. The second kappa shape index (κ2) is 5.52. The summed E-state index contributed by atoms with van der Waals surface area (Å²) in [5.74, 6) is -0.392. The zero-order valence-corrected chi connectivity index (χ0v) is 10.9. The standard InChI is InChI=1S/C12H15ClFN3O/c1-15-12(18)10-4-2-3-5-17(10)11-9(14)6-8(13)7-16-11/h6-7,10H,2-5H2,1H3,(H,15,18). The van der Waals surface area contributed by atoms with E-state index in [0.29, 0.717) is 13.0 Å². The van der Waals surface area contributed by atoms with E-state index >= 15 is 0 Å². The Bertz CT molecular complexity index is 455. The van der Waals surface area contributed by atoms with Crippen LogP contribution in [-0.2, 0) is 4.79 Å². The van der Waals surface area contributed by atoms with Crippen molar-refractivity contribution in [3.05, 3.63) is 23.1 Å². The fourth-order valence-corrected chi connectivity index (χ4v) is 2.39. The molecule has 0 bridgehead atoms. The predicted octanol–water partition coefficient (Wildman–Crippen LogP) is 1.98. The topological polar surface area (TPSA) is 45.2 Å². The molecule has 1 aliphatic rings. The molecule has 1 unspecified atom stereocenters. The van der Waals surface area contributed by atoms with Gasteiger partial charge in [-0.1, -0.05) is 11.6 Å². The number of nitrogens with zero attached hydrogens (tertiary/aromatic N) is 2. The minimum Gasteiger partial charge on any atom is -0.357 e. The Hall–Kier alpha value is -1.36. The van der Waals surface area contributed by atoms with Gasteiger partial charge in [-0.3, -0.25) is 4.79 Å². The molecule has 0 saturated carbocycles. The molecule has 2 heterocycles. The van der Waals surface area contributed by atoms with Gasteiger partial charge in [-0.2, -0.15) is 0 Å². The lowest BCUT2D eigenvalue weighted by atomic mass is 10.0. The Morgan fingerprint density at radius 2 is 2.39 bits per heavy atom. The van der Waals surface area contributed by atoms with Gasteiger partial charge in [0, 0.05) is 19.8 Å². The van der Waals surface area contributed by atoms with Crippen molar-refractivity contribution < 1.29 is 9.18 Å². The van der Waals surface area contributed by atoms with E-state index in [4.69, 9.17) is 11.6 Å². The summed E-state index contributed by atoms with van der Waals surface area (Å²) >= 11 is 5.68. The zero-order chi connectivity index (χ0) is 13.1. The monoisotopic (exact) mass is 271 g/mol. The van der Waals surface area contributed by atoms with Crippen molar-refractivity contribution in [2.24, 2.45) is 0 Å². The highest BCUT2D eigenvalue weighted by molar-refractivity contribution is 6.30. The molecule has 0 aromatic carbocycles. The van der Waals surface area contributed by atoms with E-state index in [1.54, 1.807) is 11.9 Å². The molecule has 0 spiro atoms. The van der Waals surface area contributed by atoms with Crippen LogP contribution in [0.25, 0.3) is 0 Å². The fraction of sp³-hybridized carbons (Fsp3) is 0.500. The molecule has 1 atom stereocenters. The maximum Gasteiger partial charge on any atom is 0.242 e. The zero-order valence-electron chi connectivity index (χ0n) is 10.1. The number of carbonyl (C=O) groups excluding carboxylic acids is 1. The number of pyridine rings is 1. The van der Waals surface area contributed by atoms with Crippen LogP contribution in [0.4, 0.5) is 10.2 Å². The van der Waals surface area contributed by atoms with Crippen molar-refractivity contribution in [2.45, 2.75) is 25.3 Å². The highest BCUT2D eigenvalue weighted by Crippen LogP contribution is 2.26. The minimum absolute atomic E-state index is 0.106. The molecule has 1 amide bonds. The molecule has 4 nitrogen and oxygen atoms in total. The third-order valence-electron chi connectivity index (χ3n) is 3.11. The third-order valence-corrected chi connectivity index (χ3v) is 3.32. The molecule has 18 heavy (non-hydrogen) atoms. The molecular weight excluding hydrogens is 257 g/mol. The normalized spacial score (nSPS) is 19.7. The van der Waals surface area contributed by atoms with Crippen LogP contribution in [-0.4, -0.2) is 30.5 Å². The van der Waals surface area contributed by atoms with Gasteiger partial charge < -0.3 is 10.2 Å². The summed E-state index contributed by atoms with van der Waals surface area (Å²) in [5, 5.41) is 2.86. The Morgan fingerprint density at radius 1 is 1.61 bits per heavy atom. The van der Waals surface area contributed by atoms with Crippen molar-refractivity contribution in [3.8, 4) is 0 Å². The molecule has 1 fully saturated rings. The van der Waals surface area contributed by atoms with Crippen LogP contribution in [0, 0.1) is 5.82 Å². The first-order valence-electron chi connectivity index (χ1n) is 5.92. The van der Waals surface area contributed by atoms with E-state index in [1.165, 1.54) is 12.3 Å². The lowest BCUT2D eigenvalue weighted by Crippen LogP contribution is -2.49. The summed E-state index contributed by atoms with van der Waals surface area (Å²) in [6, 6.07) is 0.867. The number of carbonyl (C=O) groups is 1. The molecular formula is C12H15ClFN3O. The molecule has 1 saturated heterocycles. The summed E-state index contributed by atoms with van der Waals surface area (Å²) in [6.45, 7) is 0.629. The van der Waals surface area contributed by atoms with E-state index in [9.17, 15) is 9.18 Å². The Balaban J connectivity index is 2.30. The molecule has 2 rings (SSSR count). The van der Waals surface area contributed by atoms with Crippen LogP contribution in [0.3, 0.4) is 0 Å². The summed E-state index contributed by atoms with van der Waals surface area (Å²) in [7, 11) is 1.58. The Kier molecular flexibility index (Phi) is 4.01. The fourth-order valence-electron chi connectivity index (χ4n) is 2.24. The highest BCUT2D eigenvalue weighted by Gasteiger charge is 2.30. The molecule has 98 valence electrons. The number of halogens is 2. The quantitative estimate of drug-likeness (QED) is 0.895. The molecule has 1 aromatic rings. The van der Waals surface area contributed by atoms with E-state index < -0.39 is 5.82 Å². The van der Waals surface area contributed by atoms with Crippen LogP contribution in [0.1, 0.15) is 19.3 Å². The Labute approximate surface area is 110 Å². The van der Waals surface area contributed by atoms with E-state index in [0.717, 1.165) is 12.8 Å². The largest absolute Gasteiger partial charge is 0.357 e. The number of amides is 1. The average Bonchev–Trinajstić information content (AvgIpc) is 2.38. The summed E-state index contributed by atoms with van der Waals surface area (Å²) in [6.07, 6.45) is 4.00. The van der Waals surface area contributed by atoms with Crippen molar-refractivity contribution in [1.82, 2.24) is 10.3 Å². The number of rotatable bonds is 2. The van der Waals surface area contributed by atoms with Crippen molar-refractivity contribution in [3.63, 3.8) is 0 Å². The van der Waals surface area contributed by atoms with Gasteiger partial charge in [-0.05, 0) is 25.3 Å². The van der Waals surface area contributed by atoms with Crippen molar-refractivity contribution in [2.75, 3.05) is 18.5 Å². The first-order valence-corrected chi connectivity index (χ1v) is 6.30. The lowest BCUT2D eigenvalue weighted by molar-refractivity contribution is -0.122. The molecule has 6 heteroatoms. The van der Waals surface area contributed by atoms with Crippen LogP contribution in [0.2, 0.25) is 5.02 Å². The highest BCUT2D eigenvalue weighted by atomic mass is 35.5. The maximum absolute atomic E-state index is 13.9. The van der Waals surface area contributed by atoms with Crippen LogP contribution < -0.4 is 10.2 Å². The van der Waals surface area contributed by atoms with Crippen LogP contribution >= 0.6 is 11.6 Å². The van der Waals surface area contributed by atoms with E-state index in [1.807, 2.05) is 0 Å². The van der Waals surface area contributed by atoms with Gasteiger partial charge in [0.15, 0.2) is 11.6 Å². The molecule has 1 aliphatic heterocycles. The predicted molar refractivity (Wildman–Crippen MR) is 68.3 cm³/mol. The van der Waals surface area contributed by atoms with Crippen molar-refractivity contribution in [1.29, 1.82) is 0 Å². The van der Waals surface area contributed by atoms with E-state index in [-0.39, 0.29) is 22.8 Å². The van der Waals surface area contributed by atoms with Gasteiger partial charge >= 0.3 is 0 Å². The number of hydrogen-bond acceptors (Lipinski definition) is 3. The maximum atomic E-state index is 13.9. The summed E-state index contributed by atoms with van der Waals surface area (Å²) in [4.78, 5) is 17.5. The third kappa shape index (κ3) is 2.56. The smallest absolute Gasteiger partial charge is 0.242 e. The van der Waals surface area contributed by atoms with Gasteiger partial charge in [0.2, 0.25) is 5.91 Å². The van der Waals surface area contributed by atoms with Crippen molar-refractivity contribution >= 4 is 23.3 Å². The lowest BCUT2D eigenvalue weighted by Gasteiger charge is -2.35. The Morgan fingerprint density at radius 3 is 3.06 bits per heavy atom. The SMILES string of the molecule is CNC(=O)C1CCCCN1c1ncc(Cl)cc1F. The van der Waals surface area contributed by atoms with Crippen LogP contribution in [0.15, 0.2) is 12.3 Å². The van der Waals surface area contributed by atoms with Gasteiger partial charge in [0.1, 0.15) is 6.04 Å².